The predicted molar refractivity (Wildman–Crippen MR) is 66.6 cm³/mol. The molecule has 0 bridgehead atoms. The fourth-order valence-corrected chi connectivity index (χ4v) is 2.47. The Morgan fingerprint density at radius 2 is 2.24 bits per heavy atom. The van der Waals surface area contributed by atoms with Crippen LogP contribution >= 0.6 is 0 Å². The van der Waals surface area contributed by atoms with Crippen LogP contribution in [0.2, 0.25) is 0 Å². The van der Waals surface area contributed by atoms with Crippen LogP contribution in [0.5, 0.6) is 0 Å². The normalized spacial score (nSPS) is 21.5. The lowest BCUT2D eigenvalue weighted by Crippen LogP contribution is -2.22. The molecule has 1 atom stereocenters. The molecular weight excluding hydrogens is 214 g/mol. The van der Waals surface area contributed by atoms with E-state index in [1.54, 1.807) is 6.20 Å². The van der Waals surface area contributed by atoms with Gasteiger partial charge in [-0.2, -0.15) is 0 Å². The van der Waals surface area contributed by atoms with E-state index >= 15 is 0 Å². The fourth-order valence-electron chi connectivity index (χ4n) is 2.47. The number of aromatic nitrogens is 3. The van der Waals surface area contributed by atoms with Crippen LogP contribution < -0.4 is 11.1 Å². The molecule has 3 heterocycles. The molecule has 90 valence electrons. The summed E-state index contributed by atoms with van der Waals surface area (Å²) in [5, 5.41) is 3.55. The third kappa shape index (κ3) is 1.86. The number of fused-ring (bicyclic) bond motifs is 1. The van der Waals surface area contributed by atoms with Crippen molar-refractivity contribution in [3.63, 3.8) is 0 Å². The molecule has 2 aromatic rings. The Balaban J connectivity index is 2.02. The molecule has 3 N–H and O–H groups in total. The molecule has 1 fully saturated rings. The SMILES string of the molecule is Nc1nccn2c(C3CCCCCN3)ncc12. The van der Waals surface area contributed by atoms with Gasteiger partial charge in [0.25, 0.3) is 0 Å². The average molecular weight is 231 g/mol. The van der Waals surface area contributed by atoms with E-state index in [9.17, 15) is 0 Å². The van der Waals surface area contributed by atoms with E-state index in [0.29, 0.717) is 11.9 Å². The van der Waals surface area contributed by atoms with Gasteiger partial charge in [0.2, 0.25) is 0 Å². The largest absolute Gasteiger partial charge is 0.382 e. The van der Waals surface area contributed by atoms with Crippen molar-refractivity contribution in [2.45, 2.75) is 31.7 Å². The van der Waals surface area contributed by atoms with Crippen molar-refractivity contribution >= 4 is 11.3 Å². The number of hydrogen-bond acceptors (Lipinski definition) is 4. The molecule has 0 aromatic carbocycles. The summed E-state index contributed by atoms with van der Waals surface area (Å²) in [7, 11) is 0. The van der Waals surface area contributed by atoms with Crippen molar-refractivity contribution in [3.8, 4) is 0 Å². The zero-order valence-corrected chi connectivity index (χ0v) is 9.76. The van der Waals surface area contributed by atoms with E-state index in [1.807, 2.05) is 16.8 Å². The van der Waals surface area contributed by atoms with Gasteiger partial charge in [-0.1, -0.05) is 12.8 Å². The standard InChI is InChI=1S/C12H17N5/c13-11-10-8-16-12(17(10)7-6-15-11)9-4-2-1-3-5-14-9/h6-9,14H,1-5H2,(H2,13,15). The number of hydrogen-bond donors (Lipinski definition) is 2. The van der Waals surface area contributed by atoms with E-state index < -0.39 is 0 Å². The Bertz CT molecular complexity index is 511. The lowest BCUT2D eigenvalue weighted by Gasteiger charge is -2.14. The van der Waals surface area contributed by atoms with Gasteiger partial charge in [0.1, 0.15) is 17.2 Å². The Labute approximate surface area is 100 Å². The van der Waals surface area contributed by atoms with Crippen molar-refractivity contribution in [2.75, 3.05) is 12.3 Å². The summed E-state index contributed by atoms with van der Waals surface area (Å²) in [6.07, 6.45) is 10.4. The molecule has 0 spiro atoms. The molecule has 0 saturated carbocycles. The summed E-state index contributed by atoms with van der Waals surface area (Å²) in [6.45, 7) is 1.07. The molecule has 5 heteroatoms. The van der Waals surface area contributed by atoms with Gasteiger partial charge in [-0.05, 0) is 19.4 Å². The van der Waals surface area contributed by atoms with Crippen LogP contribution in [0.1, 0.15) is 37.5 Å². The van der Waals surface area contributed by atoms with Crippen molar-refractivity contribution in [3.05, 3.63) is 24.4 Å². The van der Waals surface area contributed by atoms with Crippen molar-refractivity contribution in [2.24, 2.45) is 0 Å². The molecule has 0 radical (unpaired) electrons. The van der Waals surface area contributed by atoms with Crippen molar-refractivity contribution in [1.29, 1.82) is 0 Å². The van der Waals surface area contributed by atoms with Crippen LogP contribution in [0.25, 0.3) is 5.52 Å². The summed E-state index contributed by atoms with van der Waals surface area (Å²) in [4.78, 5) is 8.58. The van der Waals surface area contributed by atoms with Crippen LogP contribution in [0.15, 0.2) is 18.6 Å². The molecule has 1 aliphatic rings. The minimum atomic E-state index is 0.335. The third-order valence-electron chi connectivity index (χ3n) is 3.39. The first kappa shape index (κ1) is 10.5. The summed E-state index contributed by atoms with van der Waals surface area (Å²) in [5.74, 6) is 1.59. The first-order valence-electron chi connectivity index (χ1n) is 6.17. The van der Waals surface area contributed by atoms with Crippen LogP contribution in [-0.2, 0) is 0 Å². The molecule has 5 nitrogen and oxygen atoms in total. The first-order valence-corrected chi connectivity index (χ1v) is 6.17. The van der Waals surface area contributed by atoms with Gasteiger partial charge in [-0.3, -0.25) is 4.40 Å². The van der Waals surface area contributed by atoms with Crippen molar-refractivity contribution in [1.82, 2.24) is 19.7 Å². The molecule has 1 saturated heterocycles. The Morgan fingerprint density at radius 1 is 1.29 bits per heavy atom. The van der Waals surface area contributed by atoms with Crippen LogP contribution in [0, 0.1) is 0 Å². The Hall–Kier alpha value is -1.62. The van der Waals surface area contributed by atoms with E-state index in [1.165, 1.54) is 19.3 Å². The fraction of sp³-hybridized carbons (Fsp3) is 0.500. The number of rotatable bonds is 1. The molecule has 0 amide bonds. The molecule has 3 rings (SSSR count). The second-order valence-corrected chi connectivity index (χ2v) is 4.54. The van der Waals surface area contributed by atoms with Gasteiger partial charge in [0.05, 0.1) is 12.2 Å². The molecule has 2 aromatic heterocycles. The summed E-state index contributed by atoms with van der Waals surface area (Å²) < 4.78 is 2.05. The van der Waals surface area contributed by atoms with Crippen LogP contribution in [0.3, 0.4) is 0 Å². The number of anilines is 1. The smallest absolute Gasteiger partial charge is 0.149 e. The maximum atomic E-state index is 5.84. The van der Waals surface area contributed by atoms with Gasteiger partial charge in [-0.15, -0.1) is 0 Å². The molecule has 0 aliphatic carbocycles. The highest BCUT2D eigenvalue weighted by molar-refractivity contribution is 5.64. The lowest BCUT2D eigenvalue weighted by atomic mass is 10.1. The molecule has 17 heavy (non-hydrogen) atoms. The van der Waals surface area contributed by atoms with E-state index in [-0.39, 0.29) is 0 Å². The van der Waals surface area contributed by atoms with Crippen LogP contribution in [0.4, 0.5) is 5.82 Å². The second-order valence-electron chi connectivity index (χ2n) is 4.54. The maximum Gasteiger partial charge on any atom is 0.149 e. The quantitative estimate of drug-likeness (QED) is 0.780. The number of nitrogen functional groups attached to an aromatic ring is 1. The lowest BCUT2D eigenvalue weighted by molar-refractivity contribution is 0.506. The van der Waals surface area contributed by atoms with Gasteiger partial charge in [0, 0.05) is 12.4 Å². The highest BCUT2D eigenvalue weighted by Crippen LogP contribution is 2.23. The number of nitrogens with two attached hydrogens (primary N) is 1. The van der Waals surface area contributed by atoms with Crippen molar-refractivity contribution < 1.29 is 0 Å². The zero-order chi connectivity index (χ0) is 11.7. The highest BCUT2D eigenvalue weighted by Gasteiger charge is 2.18. The molecule has 1 unspecified atom stereocenters. The topological polar surface area (TPSA) is 68.2 Å². The molecule has 1 aliphatic heterocycles. The second kappa shape index (κ2) is 4.33. The maximum absolute atomic E-state index is 5.84. The summed E-state index contributed by atoms with van der Waals surface area (Å²) in [6, 6.07) is 0.335. The Kier molecular flexibility index (Phi) is 2.68. The highest BCUT2D eigenvalue weighted by atomic mass is 15.1. The predicted octanol–water partition coefficient (Wildman–Crippen LogP) is 1.52. The average Bonchev–Trinajstić information content (AvgIpc) is 2.59. The van der Waals surface area contributed by atoms with E-state index in [2.05, 4.69) is 15.3 Å². The number of imidazole rings is 1. The summed E-state index contributed by atoms with van der Waals surface area (Å²) >= 11 is 0. The van der Waals surface area contributed by atoms with Crippen LogP contribution in [-0.4, -0.2) is 20.9 Å². The number of nitrogens with zero attached hydrogens (tertiary/aromatic N) is 3. The first-order chi connectivity index (χ1) is 8.36. The Morgan fingerprint density at radius 3 is 3.18 bits per heavy atom. The minimum Gasteiger partial charge on any atom is -0.382 e. The van der Waals surface area contributed by atoms with Gasteiger partial charge in [0.15, 0.2) is 0 Å². The minimum absolute atomic E-state index is 0.335. The van der Waals surface area contributed by atoms with Gasteiger partial charge < -0.3 is 11.1 Å². The zero-order valence-electron chi connectivity index (χ0n) is 9.76. The summed E-state index contributed by atoms with van der Waals surface area (Å²) in [5.41, 5.74) is 6.73. The van der Waals surface area contributed by atoms with E-state index in [4.69, 9.17) is 5.73 Å². The van der Waals surface area contributed by atoms with Gasteiger partial charge >= 0.3 is 0 Å². The number of nitrogens with one attached hydrogen (secondary N) is 1. The monoisotopic (exact) mass is 231 g/mol. The van der Waals surface area contributed by atoms with E-state index in [0.717, 1.165) is 24.3 Å². The third-order valence-corrected chi connectivity index (χ3v) is 3.39. The molecular formula is C12H17N5. The van der Waals surface area contributed by atoms with Gasteiger partial charge in [-0.25, -0.2) is 9.97 Å².